The van der Waals surface area contributed by atoms with Crippen molar-refractivity contribution in [3.8, 4) is 12.3 Å². The van der Waals surface area contributed by atoms with Crippen molar-refractivity contribution in [2.45, 2.75) is 46.1 Å². The van der Waals surface area contributed by atoms with Gasteiger partial charge < -0.3 is 5.32 Å². The van der Waals surface area contributed by atoms with Crippen LogP contribution in [0.15, 0.2) is 0 Å². The summed E-state index contributed by atoms with van der Waals surface area (Å²) in [5.41, 5.74) is 0.574. The van der Waals surface area contributed by atoms with Crippen molar-refractivity contribution in [3.05, 3.63) is 0 Å². The fourth-order valence-corrected chi connectivity index (χ4v) is 1.77. The van der Waals surface area contributed by atoms with E-state index in [9.17, 15) is 0 Å². The van der Waals surface area contributed by atoms with Crippen molar-refractivity contribution in [1.82, 2.24) is 5.32 Å². The lowest BCUT2D eigenvalue weighted by atomic mass is 9.92. The molecule has 1 atom stereocenters. The Hall–Kier alpha value is -0.480. The average molecular weight is 179 g/mol. The van der Waals surface area contributed by atoms with Gasteiger partial charge in [0.15, 0.2) is 0 Å². The first kappa shape index (κ1) is 10.6. The number of terminal acetylenes is 1. The quantitative estimate of drug-likeness (QED) is 0.639. The van der Waals surface area contributed by atoms with Gasteiger partial charge in [0, 0.05) is 6.54 Å². The summed E-state index contributed by atoms with van der Waals surface area (Å²) in [7, 11) is 0. The predicted octanol–water partition coefficient (Wildman–Crippen LogP) is 2.42. The zero-order valence-electron chi connectivity index (χ0n) is 9.06. The molecule has 13 heavy (non-hydrogen) atoms. The normalized spacial score (nSPS) is 21.2. The maximum absolute atomic E-state index is 5.40. The molecule has 1 aliphatic rings. The Balaban J connectivity index is 2.30. The molecule has 1 rings (SSSR count). The van der Waals surface area contributed by atoms with E-state index in [2.05, 4.69) is 32.0 Å². The van der Waals surface area contributed by atoms with Crippen molar-refractivity contribution < 1.29 is 0 Å². The van der Waals surface area contributed by atoms with Gasteiger partial charge in [0.1, 0.15) is 0 Å². The van der Waals surface area contributed by atoms with Crippen LogP contribution in [0.4, 0.5) is 0 Å². The summed E-state index contributed by atoms with van der Waals surface area (Å²) < 4.78 is 0. The van der Waals surface area contributed by atoms with Gasteiger partial charge in [-0.05, 0) is 30.6 Å². The summed E-state index contributed by atoms with van der Waals surface area (Å²) in [6.45, 7) is 7.86. The summed E-state index contributed by atoms with van der Waals surface area (Å²) in [4.78, 5) is 0. The molecule has 0 aromatic rings. The molecule has 0 aliphatic heterocycles. The minimum Gasteiger partial charge on any atom is -0.303 e. The van der Waals surface area contributed by atoms with Crippen LogP contribution >= 0.6 is 0 Å². The van der Waals surface area contributed by atoms with E-state index in [0.717, 1.165) is 18.9 Å². The smallest absolute Gasteiger partial charge is 0.0684 e. The second-order valence-electron chi connectivity index (χ2n) is 4.53. The first-order valence-electron chi connectivity index (χ1n) is 5.34. The van der Waals surface area contributed by atoms with Crippen LogP contribution in [-0.2, 0) is 0 Å². The molecule has 0 aromatic carbocycles. The molecule has 0 aromatic heterocycles. The Kier molecular flexibility index (Phi) is 3.39. The van der Waals surface area contributed by atoms with Gasteiger partial charge in [-0.15, -0.1) is 6.42 Å². The fraction of sp³-hybridized carbons (Fsp3) is 0.833. The minimum absolute atomic E-state index is 0.274. The van der Waals surface area contributed by atoms with Gasteiger partial charge in [-0.25, -0.2) is 0 Å². The van der Waals surface area contributed by atoms with E-state index < -0.39 is 0 Å². The monoisotopic (exact) mass is 179 g/mol. The summed E-state index contributed by atoms with van der Waals surface area (Å²) in [5, 5.41) is 3.47. The molecule has 0 saturated heterocycles. The van der Waals surface area contributed by atoms with Gasteiger partial charge in [0.25, 0.3) is 0 Å². The Bertz CT molecular complexity index is 196. The Labute approximate surface area is 82.3 Å². The van der Waals surface area contributed by atoms with Crippen molar-refractivity contribution in [2.75, 3.05) is 6.54 Å². The van der Waals surface area contributed by atoms with E-state index in [1.54, 1.807) is 0 Å². The van der Waals surface area contributed by atoms with Gasteiger partial charge in [-0.3, -0.25) is 0 Å². The third kappa shape index (κ3) is 2.48. The maximum atomic E-state index is 5.40. The van der Waals surface area contributed by atoms with Crippen molar-refractivity contribution in [2.24, 2.45) is 11.3 Å². The van der Waals surface area contributed by atoms with Crippen molar-refractivity contribution in [3.63, 3.8) is 0 Å². The highest BCUT2D eigenvalue weighted by Gasteiger charge is 2.44. The molecule has 1 nitrogen and oxygen atoms in total. The van der Waals surface area contributed by atoms with E-state index in [1.807, 2.05) is 0 Å². The predicted molar refractivity (Wildman–Crippen MR) is 57.4 cm³/mol. The van der Waals surface area contributed by atoms with E-state index in [-0.39, 0.29) is 6.04 Å². The van der Waals surface area contributed by atoms with Crippen molar-refractivity contribution in [1.29, 1.82) is 0 Å². The van der Waals surface area contributed by atoms with Gasteiger partial charge in [0.05, 0.1) is 6.04 Å². The van der Waals surface area contributed by atoms with Crippen LogP contribution < -0.4 is 5.32 Å². The average Bonchev–Trinajstić information content (AvgIpc) is 2.87. The first-order chi connectivity index (χ1) is 6.14. The van der Waals surface area contributed by atoms with Crippen LogP contribution in [-0.4, -0.2) is 12.6 Å². The number of nitrogens with one attached hydrogen (secondary N) is 1. The Morgan fingerprint density at radius 2 is 2.08 bits per heavy atom. The molecule has 1 fully saturated rings. The molecule has 1 aliphatic carbocycles. The highest BCUT2D eigenvalue weighted by atomic mass is 14.9. The third-order valence-corrected chi connectivity index (χ3v) is 3.43. The zero-order chi connectivity index (χ0) is 9.90. The second kappa shape index (κ2) is 4.15. The van der Waals surface area contributed by atoms with Crippen LogP contribution in [0.1, 0.15) is 40.0 Å². The van der Waals surface area contributed by atoms with E-state index >= 15 is 0 Å². The van der Waals surface area contributed by atoms with E-state index in [0.29, 0.717) is 5.41 Å². The lowest BCUT2D eigenvalue weighted by Gasteiger charge is -2.22. The number of hydrogen-bond acceptors (Lipinski definition) is 1. The van der Waals surface area contributed by atoms with Crippen LogP contribution in [0.25, 0.3) is 0 Å². The van der Waals surface area contributed by atoms with Gasteiger partial charge in [-0.1, -0.05) is 26.7 Å². The van der Waals surface area contributed by atoms with Crippen LogP contribution in [0.5, 0.6) is 0 Å². The molecule has 1 saturated carbocycles. The molecule has 74 valence electrons. The zero-order valence-corrected chi connectivity index (χ0v) is 9.06. The maximum Gasteiger partial charge on any atom is 0.0684 e. The molecule has 0 radical (unpaired) electrons. The molecule has 0 heterocycles. The minimum atomic E-state index is 0.274. The van der Waals surface area contributed by atoms with Crippen molar-refractivity contribution >= 4 is 0 Å². The van der Waals surface area contributed by atoms with Gasteiger partial charge in [0.2, 0.25) is 0 Å². The Morgan fingerprint density at radius 3 is 2.38 bits per heavy atom. The van der Waals surface area contributed by atoms with Crippen LogP contribution in [0, 0.1) is 23.7 Å². The summed E-state index contributed by atoms with van der Waals surface area (Å²) in [6.07, 6.45) is 9.18. The molecular formula is C12H21N. The molecule has 0 bridgehead atoms. The lowest BCUT2D eigenvalue weighted by molar-refractivity contribution is 0.329. The standard InChI is InChI=1S/C12H21N/c1-5-11(6-2)13-9-12(7-8-12)10(3)4/h1,10-11,13H,6-9H2,2-4H3. The van der Waals surface area contributed by atoms with E-state index in [1.165, 1.54) is 12.8 Å². The number of hydrogen-bond donors (Lipinski definition) is 1. The molecule has 0 spiro atoms. The fourth-order valence-electron chi connectivity index (χ4n) is 1.77. The van der Waals surface area contributed by atoms with Crippen LogP contribution in [0.3, 0.4) is 0 Å². The SMILES string of the molecule is C#CC(CC)NCC1(C(C)C)CC1. The second-order valence-corrected chi connectivity index (χ2v) is 4.53. The topological polar surface area (TPSA) is 12.0 Å². The molecule has 0 amide bonds. The molecule has 1 N–H and O–H groups in total. The van der Waals surface area contributed by atoms with E-state index in [4.69, 9.17) is 6.42 Å². The lowest BCUT2D eigenvalue weighted by Crippen LogP contribution is -2.34. The third-order valence-electron chi connectivity index (χ3n) is 3.43. The van der Waals surface area contributed by atoms with Gasteiger partial charge >= 0.3 is 0 Å². The molecular weight excluding hydrogens is 158 g/mol. The highest BCUT2D eigenvalue weighted by molar-refractivity contribution is 5.02. The van der Waals surface area contributed by atoms with Gasteiger partial charge in [-0.2, -0.15) is 0 Å². The summed E-state index contributed by atoms with van der Waals surface area (Å²) >= 11 is 0. The Morgan fingerprint density at radius 1 is 1.46 bits per heavy atom. The molecule has 1 heteroatoms. The van der Waals surface area contributed by atoms with Crippen LogP contribution in [0.2, 0.25) is 0 Å². The number of rotatable bonds is 5. The largest absolute Gasteiger partial charge is 0.303 e. The summed E-state index contributed by atoms with van der Waals surface area (Å²) in [6, 6.07) is 0.274. The summed E-state index contributed by atoms with van der Waals surface area (Å²) in [5.74, 6) is 3.57. The first-order valence-corrected chi connectivity index (χ1v) is 5.34. The highest BCUT2D eigenvalue weighted by Crippen LogP contribution is 2.51. The molecule has 1 unspecified atom stereocenters.